The van der Waals surface area contributed by atoms with Crippen molar-refractivity contribution in [2.45, 2.75) is 58.0 Å². The van der Waals surface area contributed by atoms with Gasteiger partial charge in [-0.3, -0.25) is 19.3 Å². The molecule has 1 saturated carbocycles. The molecule has 182 valence electrons. The number of amides is 2. The maximum absolute atomic E-state index is 13.7. The van der Waals surface area contributed by atoms with Crippen LogP contribution < -0.4 is 0 Å². The molecule has 7 rings (SSSR count). The SMILES string of the molecule is CC(C)[C@H]1CC[C@H](C)C[C@H]1OC(=O)CN1C(=O)[C@@H]2C3c4ccccc4C(c4ccccc43)[C@@H]2C1=O. The lowest BCUT2D eigenvalue weighted by Gasteiger charge is -2.45. The van der Waals surface area contributed by atoms with Gasteiger partial charge >= 0.3 is 5.97 Å². The van der Waals surface area contributed by atoms with Gasteiger partial charge in [0.1, 0.15) is 12.6 Å². The third-order valence-corrected chi connectivity index (χ3v) is 9.07. The van der Waals surface area contributed by atoms with Crippen LogP contribution in [-0.2, 0) is 19.1 Å². The highest BCUT2D eigenvalue weighted by atomic mass is 16.5. The molecule has 2 fully saturated rings. The van der Waals surface area contributed by atoms with Crippen LogP contribution in [0, 0.1) is 29.6 Å². The number of nitrogens with zero attached hydrogens (tertiary/aromatic N) is 1. The second kappa shape index (κ2) is 8.32. The molecule has 5 atom stereocenters. The lowest BCUT2D eigenvalue weighted by molar-refractivity contribution is -0.161. The normalized spacial score (nSPS) is 32.9. The Hall–Kier alpha value is -2.95. The molecule has 5 nitrogen and oxygen atoms in total. The average molecular weight is 472 g/mol. The number of rotatable bonds is 4. The lowest BCUT2D eigenvalue weighted by Crippen LogP contribution is -2.41. The molecule has 2 bridgehead atoms. The Kier molecular flexibility index (Phi) is 5.35. The van der Waals surface area contributed by atoms with Gasteiger partial charge in [-0.2, -0.15) is 0 Å². The molecule has 2 aromatic rings. The first-order valence-electron chi connectivity index (χ1n) is 13.1. The van der Waals surface area contributed by atoms with Crippen molar-refractivity contribution in [1.82, 2.24) is 4.90 Å². The van der Waals surface area contributed by atoms with Crippen molar-refractivity contribution in [2.75, 3.05) is 6.54 Å². The van der Waals surface area contributed by atoms with Crippen LogP contribution in [0.1, 0.15) is 74.1 Å². The smallest absolute Gasteiger partial charge is 0.326 e. The topological polar surface area (TPSA) is 63.7 Å². The van der Waals surface area contributed by atoms with Crippen LogP contribution in [-0.4, -0.2) is 35.3 Å². The van der Waals surface area contributed by atoms with Gasteiger partial charge in [0.05, 0.1) is 11.8 Å². The van der Waals surface area contributed by atoms with E-state index in [1.165, 1.54) is 4.90 Å². The molecule has 0 N–H and O–H groups in total. The molecule has 0 aromatic heterocycles. The van der Waals surface area contributed by atoms with Crippen molar-refractivity contribution in [3.05, 3.63) is 70.8 Å². The Morgan fingerprint density at radius 3 is 1.83 bits per heavy atom. The van der Waals surface area contributed by atoms with Crippen LogP contribution in [0.4, 0.5) is 0 Å². The quantitative estimate of drug-likeness (QED) is 0.471. The molecule has 1 heterocycles. The molecule has 5 aliphatic rings. The third kappa shape index (κ3) is 3.38. The first kappa shape index (κ1) is 22.5. The Morgan fingerprint density at radius 1 is 0.886 bits per heavy atom. The highest BCUT2D eigenvalue weighted by molar-refractivity contribution is 6.09. The number of likely N-dealkylation sites (tertiary alicyclic amines) is 1. The minimum absolute atomic E-state index is 0.147. The van der Waals surface area contributed by atoms with Gasteiger partial charge in [0, 0.05) is 11.8 Å². The summed E-state index contributed by atoms with van der Waals surface area (Å²) in [6, 6.07) is 16.4. The second-order valence-corrected chi connectivity index (χ2v) is 11.4. The first-order valence-corrected chi connectivity index (χ1v) is 13.1. The summed E-state index contributed by atoms with van der Waals surface area (Å²) >= 11 is 0. The number of benzene rings is 2. The number of imide groups is 1. The third-order valence-electron chi connectivity index (χ3n) is 9.07. The number of esters is 1. The monoisotopic (exact) mass is 471 g/mol. The van der Waals surface area contributed by atoms with Gasteiger partial charge in [0.15, 0.2) is 0 Å². The van der Waals surface area contributed by atoms with Crippen LogP contribution in [0.25, 0.3) is 0 Å². The molecule has 5 heteroatoms. The van der Waals surface area contributed by atoms with Crippen LogP contribution in [0.3, 0.4) is 0 Å². The van der Waals surface area contributed by atoms with Crippen LogP contribution in [0.2, 0.25) is 0 Å². The fourth-order valence-corrected chi connectivity index (χ4v) is 7.48. The summed E-state index contributed by atoms with van der Waals surface area (Å²) < 4.78 is 5.96. The molecule has 1 saturated heterocycles. The van der Waals surface area contributed by atoms with Gasteiger partial charge in [0.25, 0.3) is 0 Å². The Bertz CT molecular complexity index is 1090. The summed E-state index contributed by atoms with van der Waals surface area (Å²) in [5.41, 5.74) is 4.55. The highest BCUT2D eigenvalue weighted by Gasteiger charge is 2.61. The predicted octanol–water partition coefficient (Wildman–Crippen LogP) is 4.88. The number of ether oxygens (including phenoxy) is 1. The molecular formula is C30H33NO4. The number of carbonyl (C=O) groups is 3. The fraction of sp³-hybridized carbons (Fsp3) is 0.500. The van der Waals surface area contributed by atoms with E-state index in [-0.39, 0.29) is 36.3 Å². The van der Waals surface area contributed by atoms with E-state index in [1.54, 1.807) is 0 Å². The van der Waals surface area contributed by atoms with Crippen molar-refractivity contribution >= 4 is 17.8 Å². The van der Waals surface area contributed by atoms with Crippen molar-refractivity contribution in [1.29, 1.82) is 0 Å². The van der Waals surface area contributed by atoms with Gasteiger partial charge < -0.3 is 4.74 Å². The van der Waals surface area contributed by atoms with E-state index in [4.69, 9.17) is 4.74 Å². The van der Waals surface area contributed by atoms with Gasteiger partial charge in [-0.25, -0.2) is 0 Å². The number of hydrogen-bond donors (Lipinski definition) is 0. The van der Waals surface area contributed by atoms with Crippen molar-refractivity contribution in [3.63, 3.8) is 0 Å². The molecule has 2 amide bonds. The number of carbonyl (C=O) groups excluding carboxylic acids is 3. The zero-order chi connectivity index (χ0) is 24.4. The summed E-state index contributed by atoms with van der Waals surface area (Å²) in [7, 11) is 0. The van der Waals surface area contributed by atoms with E-state index >= 15 is 0 Å². The van der Waals surface area contributed by atoms with Gasteiger partial charge in [-0.1, -0.05) is 75.7 Å². The summed E-state index contributed by atoms with van der Waals surface area (Å²) in [5.74, 6) is -0.883. The van der Waals surface area contributed by atoms with E-state index in [0.29, 0.717) is 17.8 Å². The number of hydrogen-bond acceptors (Lipinski definition) is 4. The molecule has 0 spiro atoms. The largest absolute Gasteiger partial charge is 0.461 e. The van der Waals surface area contributed by atoms with E-state index < -0.39 is 17.8 Å². The first-order chi connectivity index (χ1) is 16.9. The molecular weight excluding hydrogens is 438 g/mol. The molecule has 0 unspecified atom stereocenters. The maximum Gasteiger partial charge on any atom is 0.326 e. The Balaban J connectivity index is 1.28. The zero-order valence-corrected chi connectivity index (χ0v) is 20.6. The maximum atomic E-state index is 13.7. The standard InChI is InChI=1S/C30H33NO4/c1-16(2)18-13-12-17(3)14-23(18)35-24(32)15-31-29(33)27-25-19-8-4-5-9-20(19)26(28(27)30(31)34)22-11-7-6-10-21(22)25/h4-11,16-18,23,25-28H,12-15H2,1-3H3/t17-,18+,23+,25?,26?,27-,28+/m0/s1. The molecule has 35 heavy (non-hydrogen) atoms. The summed E-state index contributed by atoms with van der Waals surface area (Å²) in [4.78, 5) is 41.7. The highest BCUT2D eigenvalue weighted by Crippen LogP contribution is 2.60. The van der Waals surface area contributed by atoms with E-state index in [0.717, 1.165) is 41.5 Å². The lowest BCUT2D eigenvalue weighted by atomic mass is 9.55. The van der Waals surface area contributed by atoms with Crippen LogP contribution in [0.5, 0.6) is 0 Å². The average Bonchev–Trinajstić information content (AvgIpc) is 3.09. The van der Waals surface area contributed by atoms with Crippen molar-refractivity contribution < 1.29 is 19.1 Å². The summed E-state index contributed by atoms with van der Waals surface area (Å²) in [6.45, 7) is 6.25. The molecule has 0 radical (unpaired) electrons. The van der Waals surface area contributed by atoms with Gasteiger partial charge in [-0.05, 0) is 52.8 Å². The van der Waals surface area contributed by atoms with Gasteiger partial charge in [0.2, 0.25) is 11.8 Å². The fourth-order valence-electron chi connectivity index (χ4n) is 7.48. The molecule has 1 aliphatic heterocycles. The van der Waals surface area contributed by atoms with E-state index in [2.05, 4.69) is 45.0 Å². The van der Waals surface area contributed by atoms with Crippen LogP contribution in [0.15, 0.2) is 48.5 Å². The summed E-state index contributed by atoms with van der Waals surface area (Å²) in [6.07, 6.45) is 2.89. The Morgan fingerprint density at radius 2 is 1.37 bits per heavy atom. The van der Waals surface area contributed by atoms with Crippen LogP contribution >= 0.6 is 0 Å². The molecule has 4 aliphatic carbocycles. The van der Waals surface area contributed by atoms with E-state index in [9.17, 15) is 14.4 Å². The van der Waals surface area contributed by atoms with Gasteiger partial charge in [-0.15, -0.1) is 0 Å². The zero-order valence-electron chi connectivity index (χ0n) is 20.6. The minimum atomic E-state index is -0.461. The molecule has 2 aromatic carbocycles. The predicted molar refractivity (Wildman–Crippen MR) is 131 cm³/mol. The minimum Gasteiger partial charge on any atom is -0.461 e. The Labute approximate surface area is 206 Å². The van der Waals surface area contributed by atoms with E-state index in [1.807, 2.05) is 24.3 Å². The second-order valence-electron chi connectivity index (χ2n) is 11.4. The van der Waals surface area contributed by atoms with Crippen molar-refractivity contribution in [3.8, 4) is 0 Å². The summed E-state index contributed by atoms with van der Waals surface area (Å²) in [5, 5.41) is 0. The van der Waals surface area contributed by atoms with Crippen molar-refractivity contribution in [2.24, 2.45) is 29.6 Å².